The number of pyridine rings is 1. The number of rotatable bonds is 8. The van der Waals surface area contributed by atoms with Gasteiger partial charge in [-0.2, -0.15) is 0 Å². The molecule has 1 heterocycles. The summed E-state index contributed by atoms with van der Waals surface area (Å²) in [6.45, 7) is 5.69. The third-order valence-corrected chi connectivity index (χ3v) is 3.27. The van der Waals surface area contributed by atoms with Crippen molar-refractivity contribution in [3.8, 4) is 0 Å². The summed E-state index contributed by atoms with van der Waals surface area (Å²) < 4.78 is 5.18. The van der Waals surface area contributed by atoms with Gasteiger partial charge in [0.25, 0.3) is 0 Å². The molecule has 5 heteroatoms. The van der Waals surface area contributed by atoms with Crippen LogP contribution in [0.15, 0.2) is 18.3 Å². The van der Waals surface area contributed by atoms with Gasteiger partial charge in [0.1, 0.15) is 11.7 Å². The van der Waals surface area contributed by atoms with Gasteiger partial charge < -0.3 is 15.4 Å². The highest BCUT2D eigenvalue weighted by Gasteiger charge is 2.20. The predicted molar refractivity (Wildman–Crippen MR) is 78.8 cm³/mol. The number of anilines is 1. The van der Waals surface area contributed by atoms with Crippen molar-refractivity contribution in [2.45, 2.75) is 32.7 Å². The van der Waals surface area contributed by atoms with Crippen LogP contribution in [-0.2, 0) is 4.74 Å². The Kier molecular flexibility index (Phi) is 6.29. The molecule has 0 aromatic carbocycles. The first-order chi connectivity index (χ1) is 9.15. The van der Waals surface area contributed by atoms with Gasteiger partial charge in [-0.3, -0.25) is 5.41 Å². The Morgan fingerprint density at radius 3 is 2.68 bits per heavy atom. The van der Waals surface area contributed by atoms with E-state index in [1.165, 1.54) is 0 Å². The minimum Gasteiger partial charge on any atom is -0.384 e. The predicted octanol–water partition coefficient (Wildman–Crippen LogP) is 2.01. The number of nitrogens with zero attached hydrogens (tertiary/aromatic N) is 2. The Hall–Kier alpha value is -1.62. The Morgan fingerprint density at radius 1 is 1.47 bits per heavy atom. The summed E-state index contributed by atoms with van der Waals surface area (Å²) >= 11 is 0. The molecule has 0 aliphatic heterocycles. The highest BCUT2D eigenvalue weighted by atomic mass is 16.5. The third kappa shape index (κ3) is 3.92. The smallest absolute Gasteiger partial charge is 0.139 e. The van der Waals surface area contributed by atoms with Crippen LogP contribution in [0.1, 0.15) is 32.3 Å². The van der Waals surface area contributed by atoms with Crippen molar-refractivity contribution in [2.75, 3.05) is 25.2 Å². The molecule has 0 atom stereocenters. The number of amidine groups is 1. The Bertz CT molecular complexity index is 404. The van der Waals surface area contributed by atoms with E-state index in [2.05, 4.69) is 23.7 Å². The fourth-order valence-electron chi connectivity index (χ4n) is 2.22. The third-order valence-electron chi connectivity index (χ3n) is 3.27. The molecule has 1 aromatic heterocycles. The van der Waals surface area contributed by atoms with Gasteiger partial charge in [0, 0.05) is 25.9 Å². The van der Waals surface area contributed by atoms with Crippen LogP contribution in [0.3, 0.4) is 0 Å². The molecule has 0 spiro atoms. The largest absolute Gasteiger partial charge is 0.384 e. The van der Waals surface area contributed by atoms with Crippen LogP contribution in [0.2, 0.25) is 0 Å². The van der Waals surface area contributed by atoms with Crippen molar-refractivity contribution in [1.82, 2.24) is 4.98 Å². The van der Waals surface area contributed by atoms with Crippen LogP contribution >= 0.6 is 0 Å². The standard InChI is InChI=1S/C14H24N4O/c1-4-11(5-2)18(9-10-19-3)14-12(13(15)16)7-6-8-17-14/h6-8,11H,4-5,9-10H2,1-3H3,(H3,15,16). The number of methoxy groups -OCH3 is 1. The van der Waals surface area contributed by atoms with Crippen molar-refractivity contribution in [3.63, 3.8) is 0 Å². The number of nitrogens with two attached hydrogens (primary N) is 1. The summed E-state index contributed by atoms with van der Waals surface area (Å²) in [4.78, 5) is 6.61. The number of nitrogens with one attached hydrogen (secondary N) is 1. The van der Waals surface area contributed by atoms with E-state index < -0.39 is 0 Å². The lowest BCUT2D eigenvalue weighted by molar-refractivity contribution is 0.202. The zero-order valence-corrected chi connectivity index (χ0v) is 12.0. The van der Waals surface area contributed by atoms with E-state index in [0.29, 0.717) is 18.2 Å². The summed E-state index contributed by atoms with van der Waals surface area (Å²) in [6, 6.07) is 4.03. The lowest BCUT2D eigenvalue weighted by atomic mass is 10.1. The van der Waals surface area contributed by atoms with Crippen molar-refractivity contribution in [3.05, 3.63) is 23.9 Å². The van der Waals surface area contributed by atoms with E-state index in [0.717, 1.165) is 25.2 Å². The Labute approximate surface area is 115 Å². The molecule has 1 aromatic rings. The van der Waals surface area contributed by atoms with E-state index in [1.54, 1.807) is 13.3 Å². The first-order valence-corrected chi connectivity index (χ1v) is 6.70. The molecular weight excluding hydrogens is 240 g/mol. The quantitative estimate of drug-likeness (QED) is 0.556. The SMILES string of the molecule is CCC(CC)N(CCOC)c1ncccc1C(=N)N. The minimum atomic E-state index is 0.0523. The maximum absolute atomic E-state index is 7.68. The molecule has 0 fully saturated rings. The highest BCUT2D eigenvalue weighted by Crippen LogP contribution is 2.21. The molecule has 0 saturated carbocycles. The molecule has 0 amide bonds. The molecule has 1 rings (SSSR count). The van der Waals surface area contributed by atoms with Crippen LogP contribution in [0.25, 0.3) is 0 Å². The molecule has 106 valence electrons. The Morgan fingerprint density at radius 2 is 2.16 bits per heavy atom. The summed E-state index contributed by atoms with van der Waals surface area (Å²) in [5.41, 5.74) is 6.34. The van der Waals surface area contributed by atoms with E-state index in [-0.39, 0.29) is 5.84 Å². The number of hydrogen-bond acceptors (Lipinski definition) is 4. The Balaban J connectivity index is 3.12. The first-order valence-electron chi connectivity index (χ1n) is 6.70. The first kappa shape index (κ1) is 15.4. The summed E-state index contributed by atoms with van der Waals surface area (Å²) in [6.07, 6.45) is 3.78. The fraction of sp³-hybridized carbons (Fsp3) is 0.571. The molecule has 0 radical (unpaired) electrons. The van der Waals surface area contributed by atoms with Gasteiger partial charge >= 0.3 is 0 Å². The zero-order chi connectivity index (χ0) is 14.3. The zero-order valence-electron chi connectivity index (χ0n) is 12.0. The molecule has 3 N–H and O–H groups in total. The second kappa shape index (κ2) is 7.74. The molecule has 5 nitrogen and oxygen atoms in total. The molecule has 0 bridgehead atoms. The van der Waals surface area contributed by atoms with Crippen LogP contribution in [0.5, 0.6) is 0 Å². The van der Waals surface area contributed by atoms with Crippen molar-refractivity contribution in [2.24, 2.45) is 5.73 Å². The minimum absolute atomic E-state index is 0.0523. The summed E-state index contributed by atoms with van der Waals surface area (Å²) in [7, 11) is 1.69. The van der Waals surface area contributed by atoms with E-state index in [9.17, 15) is 0 Å². The molecule has 19 heavy (non-hydrogen) atoms. The number of ether oxygens (including phenoxy) is 1. The molecule has 0 saturated heterocycles. The van der Waals surface area contributed by atoms with E-state index >= 15 is 0 Å². The summed E-state index contributed by atoms with van der Waals surface area (Å²) in [5, 5.41) is 7.68. The van der Waals surface area contributed by atoms with Crippen molar-refractivity contribution >= 4 is 11.7 Å². The van der Waals surface area contributed by atoms with Crippen molar-refractivity contribution in [1.29, 1.82) is 5.41 Å². The average Bonchev–Trinajstić information content (AvgIpc) is 2.43. The van der Waals surface area contributed by atoms with Crippen LogP contribution in [-0.4, -0.2) is 37.1 Å². The average molecular weight is 264 g/mol. The summed E-state index contributed by atoms with van der Waals surface area (Å²) in [5.74, 6) is 0.831. The van der Waals surface area contributed by atoms with Crippen LogP contribution < -0.4 is 10.6 Å². The highest BCUT2D eigenvalue weighted by molar-refractivity contribution is 5.99. The van der Waals surface area contributed by atoms with E-state index in [1.807, 2.05) is 12.1 Å². The monoisotopic (exact) mass is 264 g/mol. The lowest BCUT2D eigenvalue weighted by Gasteiger charge is -2.32. The van der Waals surface area contributed by atoms with Crippen molar-refractivity contribution < 1.29 is 4.74 Å². The molecule has 0 unspecified atom stereocenters. The normalized spacial score (nSPS) is 10.7. The molecule has 0 aliphatic carbocycles. The number of aromatic nitrogens is 1. The van der Waals surface area contributed by atoms with Gasteiger partial charge in [0.05, 0.1) is 12.2 Å². The van der Waals surface area contributed by atoms with Crippen LogP contribution in [0, 0.1) is 5.41 Å². The number of nitrogen functional groups attached to an aromatic ring is 1. The maximum atomic E-state index is 7.68. The van der Waals surface area contributed by atoms with Gasteiger partial charge in [-0.1, -0.05) is 13.8 Å². The second-order valence-corrected chi connectivity index (χ2v) is 4.44. The topological polar surface area (TPSA) is 75.2 Å². The maximum Gasteiger partial charge on any atom is 0.139 e. The van der Waals surface area contributed by atoms with E-state index in [4.69, 9.17) is 15.9 Å². The number of hydrogen-bond donors (Lipinski definition) is 2. The molecule has 0 aliphatic rings. The van der Waals surface area contributed by atoms with Gasteiger partial charge in [0.15, 0.2) is 0 Å². The van der Waals surface area contributed by atoms with Gasteiger partial charge in [-0.05, 0) is 25.0 Å². The fourth-order valence-corrected chi connectivity index (χ4v) is 2.22. The van der Waals surface area contributed by atoms with Gasteiger partial charge in [-0.15, -0.1) is 0 Å². The van der Waals surface area contributed by atoms with Crippen LogP contribution in [0.4, 0.5) is 5.82 Å². The van der Waals surface area contributed by atoms with Gasteiger partial charge in [-0.25, -0.2) is 4.98 Å². The van der Waals surface area contributed by atoms with Gasteiger partial charge in [0.2, 0.25) is 0 Å². The lowest BCUT2D eigenvalue weighted by Crippen LogP contribution is -2.39. The molecular formula is C14H24N4O. The second-order valence-electron chi connectivity index (χ2n) is 4.44.